The molecule has 0 aromatic rings. The third kappa shape index (κ3) is 4.35. The van der Waals surface area contributed by atoms with Crippen LogP contribution in [-0.2, 0) is 4.52 Å². The van der Waals surface area contributed by atoms with E-state index in [-0.39, 0.29) is 14.9 Å². The van der Waals surface area contributed by atoms with Crippen LogP contribution in [0, 0.1) is 0 Å². The van der Waals surface area contributed by atoms with Crippen LogP contribution in [0.2, 0.25) is 0 Å². The molecule has 0 atom stereocenters. The summed E-state index contributed by atoms with van der Waals surface area (Å²) in [7, 11) is -0.351. The Labute approximate surface area is 39.0 Å². The van der Waals surface area contributed by atoms with Gasteiger partial charge in [-0.3, -0.25) is 0 Å². The van der Waals surface area contributed by atoms with Crippen molar-refractivity contribution in [1.29, 1.82) is 0 Å². The minimum atomic E-state index is -0.351. The van der Waals surface area contributed by atoms with Gasteiger partial charge in [0.2, 0.25) is 0 Å². The molecule has 0 bridgehead atoms. The van der Waals surface area contributed by atoms with Crippen LogP contribution in [0.4, 0.5) is 0 Å². The third-order valence-electron chi connectivity index (χ3n) is 0.316. The molecule has 6 heavy (non-hydrogen) atoms. The maximum absolute atomic E-state index is 8.03. The van der Waals surface area contributed by atoms with E-state index >= 15 is 0 Å². The molecule has 0 heterocycles. The molecule has 0 aromatic carbocycles. The first-order chi connectivity index (χ1) is 2.77. The Morgan fingerprint density at radius 1 is 1.67 bits per heavy atom. The molecule has 3 heteroatoms. The second-order valence-electron chi connectivity index (χ2n) is 1.07. The summed E-state index contributed by atoms with van der Waals surface area (Å²) in [6.45, 7) is 3.73. The van der Waals surface area contributed by atoms with Gasteiger partial charge in [-0.15, -0.1) is 0 Å². The predicted octanol–water partition coefficient (Wildman–Crippen LogP) is 0.609. The fraction of sp³-hybridized carbons (Fsp3) is 1.00. The summed E-state index contributed by atoms with van der Waals surface area (Å²) in [6, 6.07) is 0. The molecule has 1 N–H and O–H groups in total. The highest BCUT2D eigenvalue weighted by atomic mass is 31.1. The number of hydrogen-bond acceptors (Lipinski definition) is 2. The van der Waals surface area contributed by atoms with Crippen LogP contribution in [0.25, 0.3) is 0 Å². The quantitative estimate of drug-likeness (QED) is 0.414. The molecule has 0 saturated heterocycles. The number of hydrogen-bond donors (Lipinski definition) is 1. The Kier molecular flexibility index (Phi) is 3.74. The van der Waals surface area contributed by atoms with Crippen molar-refractivity contribution < 1.29 is 9.63 Å². The zero-order valence-corrected chi connectivity index (χ0v) is 4.90. The summed E-state index contributed by atoms with van der Waals surface area (Å²) >= 11 is 0. The summed E-state index contributed by atoms with van der Waals surface area (Å²) in [4.78, 5) is 0. The number of rotatable bonds is 2. The lowest BCUT2D eigenvalue weighted by Crippen LogP contribution is -1.81. The van der Waals surface area contributed by atoms with Gasteiger partial charge in [0.05, 0.1) is 0 Å². The van der Waals surface area contributed by atoms with Crippen LogP contribution in [0.1, 0.15) is 0 Å². The highest BCUT2D eigenvalue weighted by Gasteiger charge is 1.84. The Bertz CT molecular complexity index is 30.0. The molecule has 0 saturated carbocycles. The fourth-order valence-corrected chi connectivity index (χ4v) is 0.346. The molecule has 0 fully saturated rings. The van der Waals surface area contributed by atoms with Gasteiger partial charge in [0.1, 0.15) is 6.79 Å². The minimum absolute atomic E-state index is 0.140. The summed E-state index contributed by atoms with van der Waals surface area (Å²) < 4.78 is 4.66. The van der Waals surface area contributed by atoms with Gasteiger partial charge in [-0.25, -0.2) is 0 Å². The first-order valence-corrected chi connectivity index (χ1v) is 3.84. The average molecular weight is 108 g/mol. The summed E-state index contributed by atoms with van der Waals surface area (Å²) in [5.74, 6) is 0. The molecule has 0 aliphatic rings. The first kappa shape index (κ1) is 6.35. The van der Waals surface area contributed by atoms with Crippen LogP contribution in [0.3, 0.4) is 0 Å². The molecule has 0 aliphatic carbocycles. The molecule has 0 amide bonds. The van der Waals surface area contributed by atoms with Crippen molar-refractivity contribution in [3.05, 3.63) is 0 Å². The highest BCUT2D eigenvalue weighted by molar-refractivity contribution is 7.50. The van der Waals surface area contributed by atoms with Crippen molar-refractivity contribution in [2.45, 2.75) is 0 Å². The highest BCUT2D eigenvalue weighted by Crippen LogP contribution is 2.24. The van der Waals surface area contributed by atoms with Gasteiger partial charge in [-0.1, -0.05) is 0 Å². The van der Waals surface area contributed by atoms with E-state index in [0.29, 0.717) is 0 Å². The summed E-state index contributed by atoms with van der Waals surface area (Å²) in [6.07, 6.45) is 0. The minimum Gasteiger partial charge on any atom is -0.370 e. The third-order valence-corrected chi connectivity index (χ3v) is 0.948. The second kappa shape index (κ2) is 3.54. The van der Waals surface area contributed by atoms with Crippen LogP contribution in [-0.4, -0.2) is 25.2 Å². The van der Waals surface area contributed by atoms with Crippen LogP contribution < -0.4 is 0 Å². The molecule has 0 spiro atoms. The maximum atomic E-state index is 8.03. The monoisotopic (exact) mass is 108 g/mol. The number of aliphatic hydroxyl groups excluding tert-OH is 1. The molecule has 38 valence electrons. The summed E-state index contributed by atoms with van der Waals surface area (Å²) in [5.41, 5.74) is 0. The van der Waals surface area contributed by atoms with E-state index in [1.165, 1.54) is 0 Å². The zero-order valence-electron chi connectivity index (χ0n) is 4.01. The molecule has 0 aliphatic heterocycles. The Morgan fingerprint density at radius 2 is 2.17 bits per heavy atom. The zero-order chi connectivity index (χ0) is 4.99. The van der Waals surface area contributed by atoms with Gasteiger partial charge >= 0.3 is 0 Å². The van der Waals surface area contributed by atoms with Crippen molar-refractivity contribution in [3.8, 4) is 0 Å². The van der Waals surface area contributed by atoms with E-state index in [1.54, 1.807) is 0 Å². The first-order valence-electron chi connectivity index (χ1n) is 1.68. The Balaban J connectivity index is 2.63. The largest absolute Gasteiger partial charge is 0.370 e. The van der Waals surface area contributed by atoms with E-state index in [4.69, 9.17) is 5.11 Å². The Morgan fingerprint density at radius 3 is 2.17 bits per heavy atom. The summed E-state index contributed by atoms with van der Waals surface area (Å²) in [5, 5.41) is 8.03. The second-order valence-corrected chi connectivity index (χ2v) is 2.95. The molecular formula is C3H9O2P. The lowest BCUT2D eigenvalue weighted by molar-refractivity contribution is 0.112. The maximum Gasteiger partial charge on any atom is 0.147 e. The number of aliphatic hydroxyl groups is 1. The molecule has 0 aromatic heterocycles. The van der Waals surface area contributed by atoms with Crippen LogP contribution in [0.15, 0.2) is 0 Å². The van der Waals surface area contributed by atoms with Gasteiger partial charge in [-0.2, -0.15) is 0 Å². The molecule has 2 nitrogen and oxygen atoms in total. The smallest absolute Gasteiger partial charge is 0.147 e. The van der Waals surface area contributed by atoms with E-state index in [0.717, 1.165) is 0 Å². The lowest BCUT2D eigenvalue weighted by Gasteiger charge is -1.99. The molecule has 0 rings (SSSR count). The van der Waals surface area contributed by atoms with Gasteiger partial charge in [0.15, 0.2) is 0 Å². The van der Waals surface area contributed by atoms with Gasteiger partial charge in [0, 0.05) is 8.15 Å². The van der Waals surface area contributed by atoms with Crippen molar-refractivity contribution in [1.82, 2.24) is 0 Å². The van der Waals surface area contributed by atoms with E-state index in [9.17, 15) is 0 Å². The van der Waals surface area contributed by atoms with Crippen molar-refractivity contribution >= 4 is 8.15 Å². The van der Waals surface area contributed by atoms with Crippen molar-refractivity contribution in [2.24, 2.45) is 0 Å². The van der Waals surface area contributed by atoms with Gasteiger partial charge < -0.3 is 9.63 Å². The van der Waals surface area contributed by atoms with Crippen molar-refractivity contribution in [3.63, 3.8) is 0 Å². The SMILES string of the molecule is CP(C)OCO. The van der Waals surface area contributed by atoms with Crippen LogP contribution >= 0.6 is 8.15 Å². The standard InChI is InChI=1S/C3H9O2P/c1-6(2)5-3-4/h4H,3H2,1-2H3. The van der Waals surface area contributed by atoms with E-state index in [1.807, 2.05) is 13.3 Å². The normalized spacial score (nSPS) is 10.0. The van der Waals surface area contributed by atoms with E-state index in [2.05, 4.69) is 4.52 Å². The topological polar surface area (TPSA) is 29.5 Å². The Hall–Kier alpha value is 0.350. The van der Waals surface area contributed by atoms with Gasteiger partial charge in [-0.05, 0) is 13.3 Å². The molecule has 0 unspecified atom stereocenters. The average Bonchev–Trinajstić information content (AvgIpc) is 1.35. The molecular weight excluding hydrogens is 99.0 g/mol. The van der Waals surface area contributed by atoms with Crippen LogP contribution in [0.5, 0.6) is 0 Å². The van der Waals surface area contributed by atoms with Gasteiger partial charge in [0.25, 0.3) is 0 Å². The fourth-order valence-electron chi connectivity index (χ4n) is 0.115. The van der Waals surface area contributed by atoms with Crippen molar-refractivity contribution in [2.75, 3.05) is 20.1 Å². The van der Waals surface area contributed by atoms with E-state index < -0.39 is 0 Å². The molecule has 0 radical (unpaired) electrons. The predicted molar refractivity (Wildman–Crippen MR) is 26.9 cm³/mol. The lowest BCUT2D eigenvalue weighted by atomic mass is 11.6.